The molecule has 0 unspecified atom stereocenters. The van der Waals surface area contributed by atoms with Crippen molar-refractivity contribution in [1.82, 2.24) is 35.1 Å². The number of imidazole rings is 1. The molecule has 5 atom stereocenters. The molecule has 2 amide bonds. The van der Waals surface area contributed by atoms with E-state index in [1.807, 2.05) is 16.7 Å². The quantitative estimate of drug-likeness (QED) is 0.250. The molecule has 1 aromatic carbocycles. The van der Waals surface area contributed by atoms with Crippen LogP contribution in [0.1, 0.15) is 80.0 Å². The van der Waals surface area contributed by atoms with E-state index in [9.17, 15) is 22.8 Å². The molecule has 47 heavy (non-hydrogen) atoms. The lowest BCUT2D eigenvalue weighted by atomic mass is 10.0. The molecule has 248 valence electrons. The van der Waals surface area contributed by atoms with E-state index in [4.69, 9.17) is 9.97 Å². The highest BCUT2D eigenvalue weighted by Gasteiger charge is 2.71. The van der Waals surface area contributed by atoms with Gasteiger partial charge in [-0.1, -0.05) is 12.8 Å². The number of nitrogens with zero attached hydrogens (tertiary/aromatic N) is 4. The minimum absolute atomic E-state index is 0.117. The van der Waals surface area contributed by atoms with Crippen molar-refractivity contribution in [3.63, 3.8) is 0 Å². The second kappa shape index (κ2) is 11.3. The van der Waals surface area contributed by atoms with Crippen molar-refractivity contribution in [3.05, 3.63) is 47.4 Å². The lowest BCUT2D eigenvalue weighted by Crippen LogP contribution is -2.52. The number of carbonyl (C=O) groups is 2. The zero-order valence-corrected chi connectivity index (χ0v) is 26.0. The average molecular weight is 652 g/mol. The number of hydrogen-bond acceptors (Lipinski definition) is 5. The van der Waals surface area contributed by atoms with Crippen LogP contribution in [0.4, 0.5) is 17.6 Å². The molecule has 3 fully saturated rings. The largest absolute Gasteiger partial charge is 0.348 e. The van der Waals surface area contributed by atoms with Crippen molar-refractivity contribution >= 4 is 33.9 Å². The summed E-state index contributed by atoms with van der Waals surface area (Å²) in [6, 6.07) is 7.30. The highest BCUT2D eigenvalue weighted by molar-refractivity contribution is 5.98. The van der Waals surface area contributed by atoms with Crippen molar-refractivity contribution in [3.8, 4) is 11.5 Å². The van der Waals surface area contributed by atoms with Crippen LogP contribution in [-0.4, -0.2) is 62.1 Å². The minimum Gasteiger partial charge on any atom is -0.348 e. The molecule has 0 radical (unpaired) electrons. The molecule has 2 aliphatic heterocycles. The summed E-state index contributed by atoms with van der Waals surface area (Å²) in [7, 11) is 0. The van der Waals surface area contributed by atoms with Gasteiger partial charge < -0.3 is 25.1 Å². The van der Waals surface area contributed by atoms with Gasteiger partial charge in [-0.05, 0) is 69.8 Å². The number of benzene rings is 1. The number of alkyl halides is 3. The Morgan fingerprint density at radius 1 is 1.06 bits per heavy atom. The van der Waals surface area contributed by atoms with Gasteiger partial charge in [0.1, 0.15) is 23.6 Å². The Morgan fingerprint density at radius 3 is 2.68 bits per heavy atom. The molecule has 2 aliphatic carbocycles. The van der Waals surface area contributed by atoms with E-state index >= 15 is 4.39 Å². The fourth-order valence-corrected chi connectivity index (χ4v) is 7.48. The molecule has 4 aliphatic rings. The molecule has 0 spiro atoms. The number of aryl methyl sites for hydroxylation is 1. The molecule has 3 aromatic heterocycles. The molecule has 2 bridgehead atoms. The third-order valence-corrected chi connectivity index (χ3v) is 10.3. The van der Waals surface area contributed by atoms with Gasteiger partial charge in [-0.2, -0.15) is 0 Å². The molecule has 3 N–H and O–H groups in total. The standard InChI is InChI=1S/C34H37F4N7O2/c1-17-24-9-6-18-13-28(44(30(18)41-24)12-4-2-3-5-21-29(33(47)40-17)34(21,37)38)31-42-25-14-20(23(36)15-27(25)45(31)19-7-8-19)32(46)43-26-16-39-11-10-22(26)35/h6,9,13-15,17,19,21-22,26,29,39H,2-5,7-8,10-12,16H2,1H3,(H,40,47)(H,43,46)/t17-,21-,22+,26+,29-/m1/s1. The predicted molar refractivity (Wildman–Crippen MR) is 167 cm³/mol. The van der Waals surface area contributed by atoms with Crippen LogP contribution in [0.5, 0.6) is 0 Å². The smallest absolute Gasteiger partial charge is 0.263 e. The number of piperidine rings is 1. The average Bonchev–Trinajstić information content (AvgIpc) is 3.88. The Hall–Kier alpha value is -4.00. The van der Waals surface area contributed by atoms with Crippen LogP contribution in [-0.2, 0) is 11.3 Å². The van der Waals surface area contributed by atoms with Crippen molar-refractivity contribution in [2.45, 2.75) is 88.6 Å². The zero-order chi connectivity index (χ0) is 32.6. The van der Waals surface area contributed by atoms with Gasteiger partial charge in [-0.15, -0.1) is 0 Å². The fourth-order valence-electron chi connectivity index (χ4n) is 7.48. The third kappa shape index (κ3) is 5.26. The van der Waals surface area contributed by atoms with Crippen molar-refractivity contribution in [1.29, 1.82) is 0 Å². The number of hydrogen-bond donors (Lipinski definition) is 3. The van der Waals surface area contributed by atoms with E-state index in [2.05, 4.69) is 20.5 Å². The summed E-state index contributed by atoms with van der Waals surface area (Å²) in [5.74, 6) is -6.60. The highest BCUT2D eigenvalue weighted by Crippen LogP contribution is 2.58. The summed E-state index contributed by atoms with van der Waals surface area (Å²) < 4.78 is 63.1. The number of aromatic nitrogens is 4. The first-order chi connectivity index (χ1) is 22.6. The lowest BCUT2D eigenvalue weighted by molar-refractivity contribution is -0.125. The van der Waals surface area contributed by atoms with Crippen LogP contribution >= 0.6 is 0 Å². The summed E-state index contributed by atoms with van der Waals surface area (Å²) in [4.78, 5) is 35.8. The van der Waals surface area contributed by atoms with Crippen LogP contribution in [0.25, 0.3) is 33.6 Å². The van der Waals surface area contributed by atoms with E-state index in [0.29, 0.717) is 67.0 Å². The van der Waals surface area contributed by atoms with E-state index in [-0.39, 0.29) is 24.6 Å². The lowest BCUT2D eigenvalue weighted by Gasteiger charge is -2.27. The Bertz CT molecular complexity index is 1900. The van der Waals surface area contributed by atoms with Gasteiger partial charge in [-0.25, -0.2) is 27.5 Å². The van der Waals surface area contributed by atoms with Crippen molar-refractivity contribution < 1.29 is 27.2 Å². The Labute approximate surface area is 268 Å². The molecule has 9 nitrogen and oxygen atoms in total. The van der Waals surface area contributed by atoms with Crippen molar-refractivity contribution in [2.75, 3.05) is 13.1 Å². The molecule has 13 heteroatoms. The monoisotopic (exact) mass is 651 g/mol. The maximum atomic E-state index is 15.6. The summed E-state index contributed by atoms with van der Waals surface area (Å²) in [5.41, 5.74) is 2.88. The molecule has 1 saturated heterocycles. The molecule has 5 heterocycles. The van der Waals surface area contributed by atoms with Crippen LogP contribution in [0, 0.1) is 17.7 Å². The van der Waals surface area contributed by atoms with Gasteiger partial charge in [0, 0.05) is 36.5 Å². The minimum atomic E-state index is -2.98. The van der Waals surface area contributed by atoms with Crippen LogP contribution < -0.4 is 16.0 Å². The number of fused-ring (bicyclic) bond motifs is 3. The van der Waals surface area contributed by atoms with Gasteiger partial charge in [0.15, 0.2) is 5.82 Å². The third-order valence-electron chi connectivity index (χ3n) is 10.3. The van der Waals surface area contributed by atoms with Gasteiger partial charge in [0.05, 0.1) is 40.1 Å². The highest BCUT2D eigenvalue weighted by atomic mass is 19.3. The van der Waals surface area contributed by atoms with E-state index in [0.717, 1.165) is 23.9 Å². The first kappa shape index (κ1) is 30.3. The van der Waals surface area contributed by atoms with E-state index in [1.54, 1.807) is 13.0 Å². The van der Waals surface area contributed by atoms with E-state index in [1.165, 1.54) is 12.1 Å². The van der Waals surface area contributed by atoms with Crippen LogP contribution in [0.2, 0.25) is 0 Å². The van der Waals surface area contributed by atoms with Crippen molar-refractivity contribution in [2.24, 2.45) is 11.8 Å². The zero-order valence-electron chi connectivity index (χ0n) is 26.0. The first-order valence-electron chi connectivity index (χ1n) is 16.7. The summed E-state index contributed by atoms with van der Waals surface area (Å²) >= 11 is 0. The summed E-state index contributed by atoms with van der Waals surface area (Å²) in [5, 5.41) is 9.32. The predicted octanol–water partition coefficient (Wildman–Crippen LogP) is 5.59. The normalized spacial score (nSPS) is 27.8. The SMILES string of the molecule is C[C@H]1NC(=O)[C@H]2[C@@H](CCCCCn3c(-c4nc5cc(C(=O)N[C@H]6CNCC[C@@H]6F)c(F)cc5n4C4CC4)cc4ccc1nc43)C2(F)F. The number of carbonyl (C=O) groups excluding carboxylic acids is 2. The summed E-state index contributed by atoms with van der Waals surface area (Å²) in [6.07, 6.45) is 3.16. The topological polar surface area (TPSA) is 106 Å². The Balaban J connectivity index is 1.18. The van der Waals surface area contributed by atoms with E-state index < -0.39 is 53.6 Å². The molecular formula is C34H37F4N7O2. The number of halogens is 4. The second-order valence-electron chi connectivity index (χ2n) is 13.6. The van der Waals surface area contributed by atoms with Crippen LogP contribution in [0.3, 0.4) is 0 Å². The molecular weight excluding hydrogens is 614 g/mol. The fraction of sp³-hybridized carbons (Fsp3) is 0.529. The molecule has 8 rings (SSSR count). The second-order valence-corrected chi connectivity index (χ2v) is 13.6. The molecule has 4 aromatic rings. The number of rotatable bonds is 4. The maximum Gasteiger partial charge on any atom is 0.263 e. The summed E-state index contributed by atoms with van der Waals surface area (Å²) in [6.45, 7) is 3.11. The number of nitrogens with one attached hydrogen (secondary N) is 3. The van der Waals surface area contributed by atoms with Gasteiger partial charge in [0.2, 0.25) is 5.91 Å². The maximum absolute atomic E-state index is 15.6. The van der Waals surface area contributed by atoms with Gasteiger partial charge >= 0.3 is 0 Å². The molecule has 2 saturated carbocycles. The van der Waals surface area contributed by atoms with Gasteiger partial charge in [0.25, 0.3) is 11.8 Å². The number of pyridine rings is 1. The first-order valence-corrected chi connectivity index (χ1v) is 16.7. The van der Waals surface area contributed by atoms with Gasteiger partial charge in [-0.3, -0.25) is 9.59 Å². The van der Waals surface area contributed by atoms with Crippen LogP contribution in [0.15, 0.2) is 30.3 Å². The number of amides is 2. The Morgan fingerprint density at radius 2 is 1.89 bits per heavy atom. The Kier molecular flexibility index (Phi) is 7.30.